The Bertz CT molecular complexity index is 1110. The topological polar surface area (TPSA) is 55.2 Å². The number of benzene rings is 2. The first-order valence-corrected chi connectivity index (χ1v) is 10.9. The smallest absolute Gasteiger partial charge is 0.262 e. The summed E-state index contributed by atoms with van der Waals surface area (Å²) in [6, 6.07) is 15.2. The molecule has 0 saturated heterocycles. The number of fused-ring (bicyclic) bond motifs is 2. The normalized spacial score (nSPS) is 13.4. The fourth-order valence-electron chi connectivity index (χ4n) is 3.18. The highest BCUT2D eigenvalue weighted by Crippen LogP contribution is 2.34. The SMILES string of the molecule is C=CCn1c(SCC(=O)N2CCSc3ccccc32)nc2ccccc2c1=O. The van der Waals surface area contributed by atoms with E-state index >= 15 is 0 Å². The van der Waals surface area contributed by atoms with Crippen LogP contribution in [0.2, 0.25) is 0 Å². The summed E-state index contributed by atoms with van der Waals surface area (Å²) in [5.41, 5.74) is 1.49. The van der Waals surface area contributed by atoms with Crippen LogP contribution in [0, 0.1) is 0 Å². The molecule has 0 fully saturated rings. The van der Waals surface area contributed by atoms with Gasteiger partial charge in [-0.15, -0.1) is 18.3 Å². The summed E-state index contributed by atoms with van der Waals surface area (Å²) in [6.07, 6.45) is 1.67. The average Bonchev–Trinajstić information content (AvgIpc) is 2.74. The van der Waals surface area contributed by atoms with Crippen molar-refractivity contribution in [1.82, 2.24) is 9.55 Å². The third-order valence-corrected chi connectivity index (χ3v) is 6.50. The van der Waals surface area contributed by atoms with E-state index in [-0.39, 0.29) is 17.2 Å². The Morgan fingerprint density at radius 3 is 2.86 bits per heavy atom. The van der Waals surface area contributed by atoms with Gasteiger partial charge < -0.3 is 4.90 Å². The number of hydrogen-bond acceptors (Lipinski definition) is 5. The third kappa shape index (κ3) is 3.59. The Kier molecular flexibility index (Phi) is 5.54. The third-order valence-electron chi connectivity index (χ3n) is 4.49. The molecule has 0 unspecified atom stereocenters. The van der Waals surface area contributed by atoms with E-state index in [1.807, 2.05) is 47.4 Å². The van der Waals surface area contributed by atoms with Crippen molar-refractivity contribution in [1.29, 1.82) is 0 Å². The molecular formula is C21H19N3O2S2. The number of hydrogen-bond donors (Lipinski definition) is 0. The number of aromatic nitrogens is 2. The molecule has 4 rings (SSSR count). The van der Waals surface area contributed by atoms with Gasteiger partial charge in [-0.05, 0) is 24.3 Å². The molecule has 142 valence electrons. The van der Waals surface area contributed by atoms with Crippen LogP contribution in [0.3, 0.4) is 0 Å². The molecule has 5 nitrogen and oxygen atoms in total. The number of carbonyl (C=O) groups excluding carboxylic acids is 1. The second-order valence-electron chi connectivity index (χ2n) is 6.27. The zero-order chi connectivity index (χ0) is 19.5. The van der Waals surface area contributed by atoms with Gasteiger partial charge in [0.2, 0.25) is 5.91 Å². The zero-order valence-electron chi connectivity index (χ0n) is 15.2. The molecule has 7 heteroatoms. The van der Waals surface area contributed by atoms with Gasteiger partial charge in [0.25, 0.3) is 5.56 Å². The predicted octanol–water partition coefficient (Wildman–Crippen LogP) is 3.81. The molecule has 1 aliphatic heterocycles. The van der Waals surface area contributed by atoms with Crippen molar-refractivity contribution in [2.45, 2.75) is 16.6 Å². The highest BCUT2D eigenvalue weighted by atomic mass is 32.2. The zero-order valence-corrected chi connectivity index (χ0v) is 16.8. The summed E-state index contributed by atoms with van der Waals surface area (Å²) in [6.45, 7) is 4.78. The van der Waals surface area contributed by atoms with Crippen LogP contribution in [0.25, 0.3) is 10.9 Å². The van der Waals surface area contributed by atoms with Crippen LogP contribution in [-0.4, -0.2) is 33.5 Å². The second-order valence-corrected chi connectivity index (χ2v) is 8.35. The van der Waals surface area contributed by atoms with Crippen molar-refractivity contribution >= 4 is 46.0 Å². The number of rotatable bonds is 5. The molecule has 2 aromatic carbocycles. The molecule has 0 radical (unpaired) electrons. The lowest BCUT2D eigenvalue weighted by Gasteiger charge is -2.28. The largest absolute Gasteiger partial charge is 0.310 e. The van der Waals surface area contributed by atoms with Crippen LogP contribution in [0.15, 0.2) is 76.0 Å². The first kappa shape index (κ1) is 18.8. The summed E-state index contributed by atoms with van der Waals surface area (Å²) in [5.74, 6) is 1.12. The predicted molar refractivity (Wildman–Crippen MR) is 116 cm³/mol. The fraction of sp³-hybridized carbons (Fsp3) is 0.190. The average molecular weight is 410 g/mol. The molecule has 0 aliphatic carbocycles. The van der Waals surface area contributed by atoms with E-state index in [0.29, 0.717) is 29.1 Å². The minimum Gasteiger partial charge on any atom is -0.310 e. The maximum atomic E-state index is 12.9. The van der Waals surface area contributed by atoms with Crippen molar-refractivity contribution < 1.29 is 4.79 Å². The Balaban J connectivity index is 1.61. The molecule has 28 heavy (non-hydrogen) atoms. The molecular weight excluding hydrogens is 390 g/mol. The molecule has 3 aromatic rings. The molecule has 0 bridgehead atoms. The lowest BCUT2D eigenvalue weighted by Crippen LogP contribution is -2.36. The van der Waals surface area contributed by atoms with Crippen molar-refractivity contribution in [3.63, 3.8) is 0 Å². The standard InChI is InChI=1S/C21H19N3O2S2/c1-2-11-24-20(26)15-7-3-4-8-16(15)22-21(24)28-14-19(25)23-12-13-27-18-10-6-5-9-17(18)23/h2-10H,1,11-14H2. The van der Waals surface area contributed by atoms with Crippen molar-refractivity contribution in [3.05, 3.63) is 71.5 Å². The number of carbonyl (C=O) groups is 1. The van der Waals surface area contributed by atoms with Gasteiger partial charge in [0.15, 0.2) is 5.16 Å². The molecule has 0 N–H and O–H groups in total. The fourth-order valence-corrected chi connectivity index (χ4v) is 5.06. The lowest BCUT2D eigenvalue weighted by molar-refractivity contribution is -0.116. The van der Waals surface area contributed by atoms with Gasteiger partial charge in [0.1, 0.15) is 0 Å². The van der Waals surface area contributed by atoms with Gasteiger partial charge in [-0.1, -0.05) is 42.1 Å². The lowest BCUT2D eigenvalue weighted by atomic mass is 10.2. The molecule has 0 spiro atoms. The summed E-state index contributed by atoms with van der Waals surface area (Å²) in [7, 11) is 0. The van der Waals surface area contributed by atoms with Crippen molar-refractivity contribution in [3.8, 4) is 0 Å². The molecule has 1 aromatic heterocycles. The number of nitrogens with zero attached hydrogens (tertiary/aromatic N) is 3. The maximum absolute atomic E-state index is 12.9. The maximum Gasteiger partial charge on any atom is 0.262 e. The number of amides is 1. The Morgan fingerprint density at radius 1 is 1.21 bits per heavy atom. The quantitative estimate of drug-likeness (QED) is 0.364. The van der Waals surface area contributed by atoms with Gasteiger partial charge in [0, 0.05) is 23.7 Å². The first-order valence-electron chi connectivity index (χ1n) is 8.94. The monoisotopic (exact) mass is 409 g/mol. The molecule has 2 heterocycles. The van der Waals surface area contributed by atoms with Crippen LogP contribution in [0.5, 0.6) is 0 Å². The molecule has 0 atom stereocenters. The Labute approximate surface area is 171 Å². The van der Waals surface area contributed by atoms with E-state index in [1.165, 1.54) is 11.8 Å². The van der Waals surface area contributed by atoms with Crippen LogP contribution in [-0.2, 0) is 11.3 Å². The molecule has 1 aliphatic rings. The summed E-state index contributed by atoms with van der Waals surface area (Å²) < 4.78 is 1.58. The van der Waals surface area contributed by atoms with Gasteiger partial charge >= 0.3 is 0 Å². The van der Waals surface area contributed by atoms with E-state index in [2.05, 4.69) is 11.6 Å². The number of para-hydroxylation sites is 2. The van der Waals surface area contributed by atoms with Gasteiger partial charge in [-0.2, -0.15) is 0 Å². The minimum atomic E-state index is -0.111. The summed E-state index contributed by atoms with van der Waals surface area (Å²) in [5, 5.41) is 1.11. The summed E-state index contributed by atoms with van der Waals surface area (Å²) in [4.78, 5) is 33.3. The van der Waals surface area contributed by atoms with Crippen molar-refractivity contribution in [2.75, 3.05) is 23.0 Å². The van der Waals surface area contributed by atoms with Crippen LogP contribution in [0.4, 0.5) is 5.69 Å². The van der Waals surface area contributed by atoms with E-state index in [9.17, 15) is 9.59 Å². The Morgan fingerprint density at radius 2 is 2.00 bits per heavy atom. The van der Waals surface area contributed by atoms with Crippen molar-refractivity contribution in [2.24, 2.45) is 0 Å². The summed E-state index contributed by atoms with van der Waals surface area (Å²) >= 11 is 3.07. The van der Waals surface area contributed by atoms with Gasteiger partial charge in [-0.25, -0.2) is 4.98 Å². The van der Waals surface area contributed by atoms with E-state index in [1.54, 1.807) is 28.5 Å². The van der Waals surface area contributed by atoms with Crippen LogP contribution >= 0.6 is 23.5 Å². The van der Waals surface area contributed by atoms with Crippen LogP contribution < -0.4 is 10.5 Å². The molecule has 0 saturated carbocycles. The minimum absolute atomic E-state index is 0.0188. The number of allylic oxidation sites excluding steroid dienone is 1. The van der Waals surface area contributed by atoms with Crippen LogP contribution in [0.1, 0.15) is 0 Å². The molecule has 1 amide bonds. The highest BCUT2D eigenvalue weighted by Gasteiger charge is 2.23. The van der Waals surface area contributed by atoms with E-state index in [4.69, 9.17) is 0 Å². The van der Waals surface area contributed by atoms with Gasteiger partial charge in [-0.3, -0.25) is 14.2 Å². The number of anilines is 1. The first-order chi connectivity index (χ1) is 13.7. The van der Waals surface area contributed by atoms with Gasteiger partial charge in [0.05, 0.1) is 22.3 Å². The number of thioether (sulfide) groups is 2. The van der Waals surface area contributed by atoms with E-state index < -0.39 is 0 Å². The van der Waals surface area contributed by atoms with E-state index in [0.717, 1.165) is 16.3 Å². The Hall–Kier alpha value is -2.51. The second kappa shape index (κ2) is 8.24. The highest BCUT2D eigenvalue weighted by molar-refractivity contribution is 8.00.